The molecule has 2 heterocycles. The van der Waals surface area contributed by atoms with E-state index in [4.69, 9.17) is 0 Å². The zero-order valence-electron chi connectivity index (χ0n) is 16.3. The quantitative estimate of drug-likeness (QED) is 0.459. The van der Waals surface area contributed by atoms with Gasteiger partial charge in [0.05, 0.1) is 16.5 Å². The normalized spacial score (nSPS) is 14.4. The highest BCUT2D eigenvalue weighted by atomic mass is 32.2. The van der Waals surface area contributed by atoms with Gasteiger partial charge in [0.2, 0.25) is 11.1 Å². The van der Waals surface area contributed by atoms with Crippen molar-refractivity contribution in [2.75, 3.05) is 5.32 Å². The van der Waals surface area contributed by atoms with Gasteiger partial charge in [-0.2, -0.15) is 9.94 Å². The van der Waals surface area contributed by atoms with Gasteiger partial charge in [-0.05, 0) is 72.9 Å². The molecule has 0 bridgehead atoms. The van der Waals surface area contributed by atoms with E-state index in [1.54, 1.807) is 31.2 Å². The number of aromatic nitrogens is 4. The molecule has 4 rings (SSSR count). The number of amides is 1. The van der Waals surface area contributed by atoms with E-state index in [1.807, 2.05) is 0 Å². The van der Waals surface area contributed by atoms with Crippen LogP contribution in [0, 0.1) is 11.3 Å². The van der Waals surface area contributed by atoms with Crippen molar-refractivity contribution in [3.05, 3.63) is 40.3 Å². The Kier molecular flexibility index (Phi) is 6.01. The van der Waals surface area contributed by atoms with Gasteiger partial charge in [0, 0.05) is 4.88 Å². The summed E-state index contributed by atoms with van der Waals surface area (Å²) < 4.78 is 1.52. The fourth-order valence-corrected chi connectivity index (χ4v) is 5.43. The molecule has 1 unspecified atom stereocenters. The zero-order valence-corrected chi connectivity index (χ0v) is 18.0. The van der Waals surface area contributed by atoms with Crippen molar-refractivity contribution in [1.29, 1.82) is 5.26 Å². The van der Waals surface area contributed by atoms with Crippen LogP contribution >= 0.6 is 23.1 Å². The van der Waals surface area contributed by atoms with Gasteiger partial charge in [-0.15, -0.1) is 16.4 Å². The molecule has 1 aromatic carbocycles. The van der Waals surface area contributed by atoms with Crippen molar-refractivity contribution in [2.45, 2.75) is 49.4 Å². The molecule has 10 heteroatoms. The highest BCUT2D eigenvalue weighted by molar-refractivity contribution is 8.00. The Labute approximate surface area is 181 Å². The predicted octanol–water partition coefficient (Wildman–Crippen LogP) is 3.69. The number of carbonyl (C=O) groups is 1. The molecule has 1 aliphatic carbocycles. The molecule has 0 saturated heterocycles. The second kappa shape index (κ2) is 8.85. The number of rotatable bonds is 5. The number of phenols is 1. The number of tetrazole rings is 1. The van der Waals surface area contributed by atoms with Crippen LogP contribution in [0.1, 0.15) is 42.2 Å². The lowest BCUT2D eigenvalue weighted by Crippen LogP contribution is -2.23. The van der Waals surface area contributed by atoms with Crippen LogP contribution in [0.4, 0.5) is 5.00 Å². The first-order valence-electron chi connectivity index (χ1n) is 9.66. The number of nitrogens with zero attached hydrogens (tertiary/aromatic N) is 5. The molecule has 8 nitrogen and oxygen atoms in total. The van der Waals surface area contributed by atoms with Crippen molar-refractivity contribution in [3.63, 3.8) is 0 Å². The lowest BCUT2D eigenvalue weighted by molar-refractivity contribution is -0.115. The minimum atomic E-state index is -0.472. The Bertz CT molecular complexity index is 1100. The number of thiophene rings is 1. The number of phenolic OH excluding ortho intramolecular Hbond substituents is 1. The van der Waals surface area contributed by atoms with Crippen LogP contribution < -0.4 is 5.32 Å². The summed E-state index contributed by atoms with van der Waals surface area (Å²) in [5.41, 5.74) is 2.39. The van der Waals surface area contributed by atoms with Crippen LogP contribution in [0.3, 0.4) is 0 Å². The van der Waals surface area contributed by atoms with Gasteiger partial charge in [0.15, 0.2) is 0 Å². The minimum absolute atomic E-state index is 0.149. The van der Waals surface area contributed by atoms with E-state index >= 15 is 0 Å². The zero-order chi connectivity index (χ0) is 21.1. The maximum atomic E-state index is 12.8. The van der Waals surface area contributed by atoms with Gasteiger partial charge in [-0.3, -0.25) is 4.79 Å². The third kappa shape index (κ3) is 4.17. The van der Waals surface area contributed by atoms with Crippen molar-refractivity contribution in [2.24, 2.45) is 0 Å². The number of carbonyl (C=O) groups excluding carboxylic acids is 1. The summed E-state index contributed by atoms with van der Waals surface area (Å²) in [5, 5.41) is 34.4. The van der Waals surface area contributed by atoms with Crippen LogP contribution in [-0.4, -0.2) is 36.5 Å². The molecule has 0 spiro atoms. The number of aryl methyl sites for hydroxylation is 1. The minimum Gasteiger partial charge on any atom is -0.508 e. The van der Waals surface area contributed by atoms with Crippen LogP contribution in [0.2, 0.25) is 0 Å². The average Bonchev–Trinajstić information content (AvgIpc) is 3.25. The largest absolute Gasteiger partial charge is 0.508 e. The second-order valence-electron chi connectivity index (χ2n) is 7.02. The Morgan fingerprint density at radius 2 is 2.07 bits per heavy atom. The van der Waals surface area contributed by atoms with E-state index in [0.29, 0.717) is 21.4 Å². The van der Waals surface area contributed by atoms with Gasteiger partial charge in [0.1, 0.15) is 16.8 Å². The first kappa shape index (κ1) is 20.4. The third-order valence-electron chi connectivity index (χ3n) is 4.96. The number of hydrogen-bond donors (Lipinski definition) is 2. The van der Waals surface area contributed by atoms with E-state index in [9.17, 15) is 15.2 Å². The van der Waals surface area contributed by atoms with Crippen LogP contribution in [0.15, 0.2) is 29.4 Å². The van der Waals surface area contributed by atoms with Gasteiger partial charge in [-0.25, -0.2) is 0 Å². The molecule has 1 atom stereocenters. The number of benzene rings is 1. The Morgan fingerprint density at radius 1 is 1.30 bits per heavy atom. The molecule has 154 valence electrons. The summed E-state index contributed by atoms with van der Waals surface area (Å²) in [5.74, 6) is -0.0513. The lowest BCUT2D eigenvalue weighted by atomic mass is 10.1. The number of thioether (sulfide) groups is 1. The molecular weight excluding hydrogens is 420 g/mol. The molecule has 1 aliphatic rings. The molecule has 3 aromatic rings. The first-order valence-corrected chi connectivity index (χ1v) is 11.4. The highest BCUT2D eigenvalue weighted by Gasteiger charge is 2.24. The van der Waals surface area contributed by atoms with E-state index in [0.717, 1.165) is 31.2 Å². The maximum Gasteiger partial charge on any atom is 0.238 e. The van der Waals surface area contributed by atoms with E-state index in [-0.39, 0.29) is 11.7 Å². The molecular formula is C20H20N6O2S2. The molecule has 0 radical (unpaired) electrons. The van der Waals surface area contributed by atoms with Crippen molar-refractivity contribution in [3.8, 4) is 17.5 Å². The van der Waals surface area contributed by atoms with Gasteiger partial charge in [-0.1, -0.05) is 18.2 Å². The fourth-order valence-electron chi connectivity index (χ4n) is 3.38. The van der Waals surface area contributed by atoms with Crippen molar-refractivity contribution < 1.29 is 9.90 Å². The summed E-state index contributed by atoms with van der Waals surface area (Å²) in [7, 11) is 0. The van der Waals surface area contributed by atoms with E-state index in [2.05, 4.69) is 26.9 Å². The maximum absolute atomic E-state index is 12.8. The summed E-state index contributed by atoms with van der Waals surface area (Å²) >= 11 is 2.75. The second-order valence-corrected chi connectivity index (χ2v) is 9.43. The van der Waals surface area contributed by atoms with Crippen molar-refractivity contribution >= 4 is 34.0 Å². The molecule has 0 fully saturated rings. The van der Waals surface area contributed by atoms with Crippen LogP contribution in [0.5, 0.6) is 5.75 Å². The monoisotopic (exact) mass is 440 g/mol. The lowest BCUT2D eigenvalue weighted by Gasteiger charge is -2.11. The number of anilines is 1. The number of nitriles is 1. The third-order valence-corrected chi connectivity index (χ3v) is 7.20. The molecule has 0 aliphatic heterocycles. The summed E-state index contributed by atoms with van der Waals surface area (Å²) in [6.07, 6.45) is 5.25. The Hall–Kier alpha value is -2.90. The summed E-state index contributed by atoms with van der Waals surface area (Å²) in [6, 6.07) is 8.77. The standard InChI is InChI=1S/C20H20N6O2S2/c1-12(29-20-23-24-25-26(20)13-7-9-14(27)10-8-13)18(28)22-19-16(11-21)15-5-3-2-4-6-17(15)30-19/h7-10,12,27H,2-6H2,1H3,(H,22,28). The smallest absolute Gasteiger partial charge is 0.238 e. The van der Waals surface area contributed by atoms with Gasteiger partial charge < -0.3 is 10.4 Å². The van der Waals surface area contributed by atoms with Crippen molar-refractivity contribution in [1.82, 2.24) is 20.2 Å². The summed E-state index contributed by atoms with van der Waals surface area (Å²) in [4.78, 5) is 14.1. The van der Waals surface area contributed by atoms with Crippen LogP contribution in [0.25, 0.3) is 5.69 Å². The number of aromatic hydroxyl groups is 1. The molecule has 1 amide bonds. The molecule has 0 saturated carbocycles. The van der Waals surface area contributed by atoms with E-state index in [1.165, 1.54) is 39.1 Å². The number of nitrogens with one attached hydrogen (secondary N) is 1. The fraction of sp³-hybridized carbons (Fsp3) is 0.350. The number of hydrogen-bond acceptors (Lipinski definition) is 8. The molecule has 2 aromatic heterocycles. The first-order chi connectivity index (χ1) is 14.6. The van der Waals surface area contributed by atoms with E-state index < -0.39 is 5.25 Å². The molecule has 2 N–H and O–H groups in total. The Balaban J connectivity index is 1.49. The Morgan fingerprint density at radius 3 is 2.83 bits per heavy atom. The van der Waals surface area contributed by atoms with Crippen LogP contribution in [-0.2, 0) is 17.6 Å². The number of fused-ring (bicyclic) bond motifs is 1. The highest BCUT2D eigenvalue weighted by Crippen LogP contribution is 2.37. The van der Waals surface area contributed by atoms with Gasteiger partial charge >= 0.3 is 0 Å². The summed E-state index contributed by atoms with van der Waals surface area (Å²) in [6.45, 7) is 1.78. The van der Waals surface area contributed by atoms with Gasteiger partial charge in [0.25, 0.3) is 0 Å². The SMILES string of the molecule is CC(Sc1nnnn1-c1ccc(O)cc1)C(=O)Nc1sc2c(c1C#N)CCCCC2. The topological polar surface area (TPSA) is 117 Å². The molecule has 30 heavy (non-hydrogen) atoms. The average molecular weight is 441 g/mol. The predicted molar refractivity (Wildman–Crippen MR) is 115 cm³/mol.